The zero-order chi connectivity index (χ0) is 35.1. The fraction of sp³-hybridized carbons (Fsp3) is 0.316. The van der Waals surface area contributed by atoms with Crippen molar-refractivity contribution in [1.29, 1.82) is 0 Å². The van der Waals surface area contributed by atoms with Crippen LogP contribution in [-0.4, -0.2) is 13.2 Å². The number of ether oxygens (including phenoxy) is 3. The molecule has 49 heavy (non-hydrogen) atoms. The number of aryl methyl sites for hydroxylation is 1. The monoisotopic (exact) mass is 690 g/mol. The Kier molecular flexibility index (Phi) is 11.8. The van der Waals surface area contributed by atoms with Crippen LogP contribution in [0.15, 0.2) is 72.8 Å². The highest BCUT2D eigenvalue weighted by Crippen LogP contribution is 2.37. The Morgan fingerprint density at radius 3 is 2.00 bits per heavy atom. The molecule has 0 amide bonds. The third-order valence-electron chi connectivity index (χ3n) is 8.20. The Morgan fingerprint density at radius 1 is 0.755 bits per heavy atom. The van der Waals surface area contributed by atoms with Crippen molar-refractivity contribution in [3.05, 3.63) is 130 Å². The van der Waals surface area contributed by atoms with Crippen LogP contribution >= 0.6 is 0 Å². The van der Waals surface area contributed by atoms with E-state index in [9.17, 15) is 35.1 Å². The van der Waals surface area contributed by atoms with Gasteiger partial charge in [0.2, 0.25) is 0 Å². The fourth-order valence-electron chi connectivity index (χ4n) is 5.56. The van der Waals surface area contributed by atoms with Crippen molar-refractivity contribution in [3.8, 4) is 16.9 Å². The molecule has 5 rings (SSSR count). The quantitative estimate of drug-likeness (QED) is 0.0794. The van der Waals surface area contributed by atoms with Crippen LogP contribution in [0.2, 0.25) is 0 Å². The van der Waals surface area contributed by atoms with Gasteiger partial charge in [-0.1, -0.05) is 74.7 Å². The number of hydrogen-bond acceptors (Lipinski definition) is 3. The van der Waals surface area contributed by atoms with E-state index < -0.39 is 58.6 Å². The van der Waals surface area contributed by atoms with Gasteiger partial charge in [0.15, 0.2) is 23.7 Å². The SMILES string of the molecule is CCCCCC1COC(c2ccc(-c3ccc(CCC=Cc4cc(F)c(C(F)(F)Oc5cc(F)c(F)c(F)c5)c(F)c4)c(F)c3)cc2)OC1. The summed E-state index contributed by atoms with van der Waals surface area (Å²) in [5, 5.41) is 0. The normalized spacial score (nSPS) is 16.8. The van der Waals surface area contributed by atoms with Gasteiger partial charge in [0.25, 0.3) is 0 Å². The van der Waals surface area contributed by atoms with Gasteiger partial charge in [0.1, 0.15) is 28.8 Å². The van der Waals surface area contributed by atoms with Crippen LogP contribution in [0.4, 0.5) is 35.1 Å². The lowest BCUT2D eigenvalue weighted by Crippen LogP contribution is -2.27. The van der Waals surface area contributed by atoms with Gasteiger partial charge in [0.05, 0.1) is 13.2 Å². The van der Waals surface area contributed by atoms with Crippen LogP contribution in [-0.2, 0) is 22.0 Å². The molecule has 11 heteroatoms. The predicted octanol–water partition coefficient (Wildman–Crippen LogP) is 11.2. The molecule has 3 nitrogen and oxygen atoms in total. The maximum Gasteiger partial charge on any atom is 0.432 e. The van der Waals surface area contributed by atoms with E-state index in [-0.39, 0.29) is 30.5 Å². The second-order valence-corrected chi connectivity index (χ2v) is 11.9. The minimum Gasteiger partial charge on any atom is -0.429 e. The van der Waals surface area contributed by atoms with Gasteiger partial charge in [-0.15, -0.1) is 0 Å². The van der Waals surface area contributed by atoms with E-state index in [0.717, 1.165) is 17.5 Å². The summed E-state index contributed by atoms with van der Waals surface area (Å²) in [4.78, 5) is 0. The van der Waals surface area contributed by atoms with Crippen LogP contribution in [0.1, 0.15) is 67.6 Å². The number of benzene rings is 4. The topological polar surface area (TPSA) is 27.7 Å². The lowest BCUT2D eigenvalue weighted by atomic mass is 9.99. The molecule has 0 unspecified atom stereocenters. The fourth-order valence-corrected chi connectivity index (χ4v) is 5.56. The number of alkyl halides is 2. The molecule has 4 aromatic carbocycles. The van der Waals surface area contributed by atoms with Crippen LogP contribution in [0, 0.1) is 40.8 Å². The summed E-state index contributed by atoms with van der Waals surface area (Å²) >= 11 is 0. The molecule has 0 bridgehead atoms. The van der Waals surface area contributed by atoms with Gasteiger partial charge in [-0.05, 0) is 59.7 Å². The molecule has 1 aliphatic heterocycles. The van der Waals surface area contributed by atoms with E-state index in [1.807, 2.05) is 24.3 Å². The van der Waals surface area contributed by atoms with E-state index >= 15 is 0 Å². The molecule has 260 valence electrons. The average Bonchev–Trinajstić information content (AvgIpc) is 3.06. The Labute approximate surface area is 279 Å². The first-order chi connectivity index (χ1) is 23.4. The molecule has 0 atom stereocenters. The van der Waals surface area contributed by atoms with Crippen molar-refractivity contribution in [2.75, 3.05) is 13.2 Å². The molecule has 1 heterocycles. The molecule has 1 fully saturated rings. The van der Waals surface area contributed by atoms with Crippen molar-refractivity contribution < 1.29 is 49.3 Å². The van der Waals surface area contributed by atoms with E-state index in [0.29, 0.717) is 42.4 Å². The molecule has 0 aliphatic carbocycles. The molecule has 0 saturated carbocycles. The van der Waals surface area contributed by atoms with Gasteiger partial charge in [0, 0.05) is 23.6 Å². The maximum absolute atomic E-state index is 15.0. The summed E-state index contributed by atoms with van der Waals surface area (Å²) < 4.78 is 129. The van der Waals surface area contributed by atoms with Gasteiger partial charge in [-0.25, -0.2) is 26.3 Å². The largest absolute Gasteiger partial charge is 0.432 e. The zero-order valence-electron chi connectivity index (χ0n) is 26.6. The highest BCUT2D eigenvalue weighted by atomic mass is 19.3. The third-order valence-corrected chi connectivity index (χ3v) is 8.20. The predicted molar refractivity (Wildman–Crippen MR) is 169 cm³/mol. The van der Waals surface area contributed by atoms with E-state index in [1.165, 1.54) is 37.5 Å². The lowest BCUT2D eigenvalue weighted by Gasteiger charge is -2.29. The molecule has 0 spiro atoms. The first-order valence-corrected chi connectivity index (χ1v) is 15.9. The van der Waals surface area contributed by atoms with E-state index in [1.54, 1.807) is 12.1 Å². The van der Waals surface area contributed by atoms with Gasteiger partial charge >= 0.3 is 6.11 Å². The van der Waals surface area contributed by atoms with E-state index in [4.69, 9.17) is 9.47 Å². The molecular weight excluding hydrogens is 656 g/mol. The van der Waals surface area contributed by atoms with Crippen molar-refractivity contribution in [2.24, 2.45) is 5.92 Å². The van der Waals surface area contributed by atoms with Crippen molar-refractivity contribution >= 4 is 6.08 Å². The van der Waals surface area contributed by atoms with Crippen LogP contribution in [0.25, 0.3) is 17.2 Å². The summed E-state index contributed by atoms with van der Waals surface area (Å²) in [6, 6.07) is 13.9. The summed E-state index contributed by atoms with van der Waals surface area (Å²) in [7, 11) is 0. The maximum atomic E-state index is 15.0. The van der Waals surface area contributed by atoms with Gasteiger partial charge in [-0.3, -0.25) is 0 Å². The molecule has 0 N–H and O–H groups in total. The van der Waals surface area contributed by atoms with Crippen LogP contribution in [0.3, 0.4) is 0 Å². The highest BCUT2D eigenvalue weighted by molar-refractivity contribution is 5.64. The lowest BCUT2D eigenvalue weighted by molar-refractivity contribution is -0.206. The molecular formula is C38H34F8O3. The Balaban J connectivity index is 1.15. The van der Waals surface area contributed by atoms with E-state index in [2.05, 4.69) is 11.7 Å². The summed E-state index contributed by atoms with van der Waals surface area (Å²) in [6.45, 7) is 3.48. The molecule has 4 aromatic rings. The molecule has 1 saturated heterocycles. The minimum absolute atomic E-state index is 0.108. The Hall–Kier alpha value is -4.22. The van der Waals surface area contributed by atoms with Crippen LogP contribution < -0.4 is 4.74 Å². The second kappa shape index (κ2) is 16.0. The Morgan fingerprint density at radius 2 is 1.39 bits per heavy atom. The molecule has 0 radical (unpaired) electrons. The van der Waals surface area contributed by atoms with Crippen molar-refractivity contribution in [2.45, 2.75) is 57.8 Å². The number of rotatable bonds is 13. The summed E-state index contributed by atoms with van der Waals surface area (Å²) in [6.07, 6.45) is 2.80. The standard InChI is InChI=1S/C38H34F8O3/c1-2-3-4-8-24-21-47-37(48-22-24)27-13-10-25(11-14-27)28-15-12-26(30(39)18-28)9-6-5-7-23-16-31(40)35(32(41)17-23)38(45,46)49-29-19-33(42)36(44)34(43)20-29/h5,7,10-20,24,37H,2-4,6,8-9,21-22H2,1H3. The molecule has 1 aliphatic rings. The van der Waals surface area contributed by atoms with Gasteiger partial charge in [-0.2, -0.15) is 8.78 Å². The summed E-state index contributed by atoms with van der Waals surface area (Å²) in [5.74, 6) is -10.1. The smallest absolute Gasteiger partial charge is 0.429 e. The zero-order valence-corrected chi connectivity index (χ0v) is 26.6. The first-order valence-electron chi connectivity index (χ1n) is 15.9. The minimum atomic E-state index is -4.69. The number of allylic oxidation sites excluding steroid dienone is 1. The first kappa shape index (κ1) is 36.1. The molecule has 0 aromatic heterocycles. The third kappa shape index (κ3) is 9.07. The Bertz CT molecular complexity index is 1720. The van der Waals surface area contributed by atoms with Crippen LogP contribution in [0.5, 0.6) is 5.75 Å². The number of halogens is 8. The number of unbranched alkanes of at least 4 members (excludes halogenated alkanes) is 2. The number of hydrogen-bond donors (Lipinski definition) is 0. The second-order valence-electron chi connectivity index (χ2n) is 11.9. The highest BCUT2D eigenvalue weighted by Gasteiger charge is 2.41. The van der Waals surface area contributed by atoms with Crippen molar-refractivity contribution in [1.82, 2.24) is 0 Å². The summed E-state index contributed by atoms with van der Waals surface area (Å²) in [5.41, 5.74) is 0.862. The van der Waals surface area contributed by atoms with Crippen molar-refractivity contribution in [3.63, 3.8) is 0 Å². The van der Waals surface area contributed by atoms with Gasteiger partial charge < -0.3 is 14.2 Å². The average molecular weight is 691 g/mol.